The highest BCUT2D eigenvalue weighted by molar-refractivity contribution is 4.97. The molecule has 1 aliphatic carbocycles. The molecule has 1 heterocycles. The Kier molecular flexibility index (Phi) is 5.30. The van der Waals surface area contributed by atoms with E-state index in [1.165, 1.54) is 51.5 Å². The number of piperazine rings is 1. The van der Waals surface area contributed by atoms with Crippen LogP contribution in [0.4, 0.5) is 0 Å². The first-order chi connectivity index (χ1) is 9.04. The first kappa shape index (κ1) is 15.3. The second-order valence-corrected chi connectivity index (χ2v) is 7.48. The largest absolute Gasteiger partial charge is 0.311 e. The smallest absolute Gasteiger partial charge is 0.0281 e. The Morgan fingerprint density at radius 1 is 1.16 bits per heavy atom. The Morgan fingerprint density at radius 3 is 2.37 bits per heavy atom. The van der Waals surface area contributed by atoms with E-state index in [0.717, 1.165) is 18.5 Å². The molecule has 1 saturated heterocycles. The van der Waals surface area contributed by atoms with Gasteiger partial charge in [0.1, 0.15) is 0 Å². The number of hydrogen-bond acceptors (Lipinski definition) is 2. The molecule has 0 aromatic carbocycles. The molecule has 0 aromatic rings. The Bertz CT molecular complexity index is 266. The molecule has 2 heteroatoms. The number of nitrogens with zero attached hydrogens (tertiary/aromatic N) is 1. The molecule has 2 aliphatic rings. The highest BCUT2D eigenvalue weighted by atomic mass is 15.3. The van der Waals surface area contributed by atoms with Gasteiger partial charge in [-0.3, -0.25) is 4.90 Å². The van der Waals surface area contributed by atoms with Crippen molar-refractivity contribution in [1.29, 1.82) is 0 Å². The molecular weight excluding hydrogens is 232 g/mol. The van der Waals surface area contributed by atoms with Crippen LogP contribution in [0.5, 0.6) is 0 Å². The summed E-state index contributed by atoms with van der Waals surface area (Å²) < 4.78 is 0. The lowest BCUT2D eigenvalue weighted by molar-refractivity contribution is 0.00853. The van der Waals surface area contributed by atoms with E-state index in [1.54, 1.807) is 0 Å². The van der Waals surface area contributed by atoms with Gasteiger partial charge in [-0.1, -0.05) is 46.0 Å². The topological polar surface area (TPSA) is 15.3 Å². The van der Waals surface area contributed by atoms with Crippen LogP contribution in [0.3, 0.4) is 0 Å². The van der Waals surface area contributed by atoms with Gasteiger partial charge in [0.15, 0.2) is 0 Å². The summed E-state index contributed by atoms with van der Waals surface area (Å²) in [6.07, 6.45) is 9.94. The Labute approximate surface area is 120 Å². The molecule has 0 aromatic heterocycles. The lowest BCUT2D eigenvalue weighted by Gasteiger charge is -2.51. The van der Waals surface area contributed by atoms with Crippen LogP contribution in [0.2, 0.25) is 0 Å². The summed E-state index contributed by atoms with van der Waals surface area (Å²) in [5.74, 6) is 0.796. The molecule has 2 atom stereocenters. The number of hydrogen-bond donors (Lipinski definition) is 1. The maximum absolute atomic E-state index is 3.80. The van der Waals surface area contributed by atoms with Gasteiger partial charge in [0.25, 0.3) is 0 Å². The highest BCUT2D eigenvalue weighted by Crippen LogP contribution is 2.30. The fourth-order valence-corrected chi connectivity index (χ4v) is 3.88. The van der Waals surface area contributed by atoms with Crippen molar-refractivity contribution >= 4 is 0 Å². The van der Waals surface area contributed by atoms with Crippen LogP contribution in [-0.4, -0.2) is 35.6 Å². The quantitative estimate of drug-likeness (QED) is 0.782. The van der Waals surface area contributed by atoms with Crippen LogP contribution in [0.1, 0.15) is 72.6 Å². The van der Waals surface area contributed by atoms with Crippen LogP contribution in [-0.2, 0) is 0 Å². The summed E-state index contributed by atoms with van der Waals surface area (Å²) in [7, 11) is 0. The van der Waals surface area contributed by atoms with Gasteiger partial charge in [-0.05, 0) is 32.6 Å². The third-order valence-electron chi connectivity index (χ3n) is 5.56. The summed E-state index contributed by atoms with van der Waals surface area (Å²) in [4.78, 5) is 2.85. The van der Waals surface area contributed by atoms with Crippen LogP contribution < -0.4 is 5.32 Å². The average molecular weight is 266 g/mol. The van der Waals surface area contributed by atoms with Crippen molar-refractivity contribution in [3.63, 3.8) is 0 Å². The Balaban J connectivity index is 2.04. The van der Waals surface area contributed by atoms with E-state index in [4.69, 9.17) is 0 Å². The van der Waals surface area contributed by atoms with Crippen LogP contribution in [0.15, 0.2) is 0 Å². The molecule has 0 spiro atoms. The van der Waals surface area contributed by atoms with Gasteiger partial charge in [-0.15, -0.1) is 0 Å². The number of rotatable bonds is 3. The molecule has 1 saturated carbocycles. The van der Waals surface area contributed by atoms with Crippen molar-refractivity contribution in [2.24, 2.45) is 5.92 Å². The lowest BCUT2D eigenvalue weighted by atomic mass is 9.88. The van der Waals surface area contributed by atoms with Crippen molar-refractivity contribution in [2.45, 2.75) is 90.3 Å². The van der Waals surface area contributed by atoms with Crippen molar-refractivity contribution in [3.05, 3.63) is 0 Å². The molecular formula is C17H34N2. The minimum atomic E-state index is 0.332. The molecule has 1 aliphatic heterocycles. The average Bonchev–Trinajstić information content (AvgIpc) is 2.66. The summed E-state index contributed by atoms with van der Waals surface area (Å²) in [6.45, 7) is 12.0. The molecule has 0 amide bonds. The molecule has 0 radical (unpaired) electrons. The summed E-state index contributed by atoms with van der Waals surface area (Å²) in [5, 5.41) is 3.80. The van der Waals surface area contributed by atoms with Gasteiger partial charge >= 0.3 is 0 Å². The Morgan fingerprint density at radius 2 is 1.79 bits per heavy atom. The van der Waals surface area contributed by atoms with Crippen molar-refractivity contribution in [1.82, 2.24) is 10.2 Å². The van der Waals surface area contributed by atoms with E-state index in [1.807, 2.05) is 0 Å². The standard InChI is InChI=1S/C17H34N2/c1-5-14(2)16-12-19(17(3,4)13-18-16)15-10-8-6-7-9-11-15/h14-16,18H,5-13H2,1-4H3. The minimum absolute atomic E-state index is 0.332. The van der Waals surface area contributed by atoms with Gasteiger partial charge in [0.2, 0.25) is 0 Å². The third kappa shape index (κ3) is 3.72. The molecule has 19 heavy (non-hydrogen) atoms. The van der Waals surface area contributed by atoms with Crippen molar-refractivity contribution in [3.8, 4) is 0 Å². The molecule has 1 N–H and O–H groups in total. The minimum Gasteiger partial charge on any atom is -0.311 e. The second-order valence-electron chi connectivity index (χ2n) is 7.48. The van der Waals surface area contributed by atoms with E-state index in [9.17, 15) is 0 Å². The fraction of sp³-hybridized carbons (Fsp3) is 1.00. The van der Waals surface area contributed by atoms with Crippen LogP contribution in [0.25, 0.3) is 0 Å². The molecule has 2 unspecified atom stereocenters. The molecule has 112 valence electrons. The van der Waals surface area contributed by atoms with Crippen molar-refractivity contribution < 1.29 is 0 Å². The van der Waals surface area contributed by atoms with Crippen molar-refractivity contribution in [2.75, 3.05) is 13.1 Å². The monoisotopic (exact) mass is 266 g/mol. The maximum Gasteiger partial charge on any atom is 0.0281 e. The number of nitrogens with one attached hydrogen (secondary N) is 1. The SMILES string of the molecule is CCC(C)C1CN(C2CCCCCC2)C(C)(C)CN1. The van der Waals surface area contributed by atoms with E-state index in [0.29, 0.717) is 11.6 Å². The maximum atomic E-state index is 3.80. The zero-order valence-electron chi connectivity index (χ0n) is 13.5. The van der Waals surface area contributed by atoms with Crippen LogP contribution >= 0.6 is 0 Å². The zero-order chi connectivity index (χ0) is 13.9. The first-order valence-corrected chi connectivity index (χ1v) is 8.54. The first-order valence-electron chi connectivity index (χ1n) is 8.54. The van der Waals surface area contributed by atoms with E-state index < -0.39 is 0 Å². The van der Waals surface area contributed by atoms with Gasteiger partial charge in [0.05, 0.1) is 0 Å². The van der Waals surface area contributed by atoms with E-state index in [-0.39, 0.29) is 0 Å². The second kappa shape index (κ2) is 6.58. The van der Waals surface area contributed by atoms with Crippen LogP contribution in [0, 0.1) is 5.92 Å². The highest BCUT2D eigenvalue weighted by Gasteiger charge is 2.38. The molecule has 0 bridgehead atoms. The predicted molar refractivity (Wildman–Crippen MR) is 83.5 cm³/mol. The summed E-state index contributed by atoms with van der Waals surface area (Å²) >= 11 is 0. The lowest BCUT2D eigenvalue weighted by Crippen LogP contribution is -2.65. The Hall–Kier alpha value is -0.0800. The van der Waals surface area contributed by atoms with Gasteiger partial charge in [-0.25, -0.2) is 0 Å². The van der Waals surface area contributed by atoms with E-state index in [2.05, 4.69) is 37.9 Å². The third-order valence-corrected chi connectivity index (χ3v) is 5.56. The molecule has 2 nitrogen and oxygen atoms in total. The summed E-state index contributed by atoms with van der Waals surface area (Å²) in [6, 6.07) is 1.53. The van der Waals surface area contributed by atoms with Gasteiger partial charge in [0, 0.05) is 30.7 Å². The molecule has 2 fully saturated rings. The summed E-state index contributed by atoms with van der Waals surface area (Å²) in [5.41, 5.74) is 0.332. The fourth-order valence-electron chi connectivity index (χ4n) is 3.88. The van der Waals surface area contributed by atoms with E-state index >= 15 is 0 Å². The van der Waals surface area contributed by atoms with Gasteiger partial charge in [-0.2, -0.15) is 0 Å². The van der Waals surface area contributed by atoms with Gasteiger partial charge < -0.3 is 5.32 Å². The molecule has 2 rings (SSSR count). The normalized spacial score (nSPS) is 31.9. The predicted octanol–water partition coefficient (Wildman–Crippen LogP) is 3.81. The zero-order valence-corrected chi connectivity index (χ0v) is 13.5.